The molecule has 3 nitrogen and oxygen atoms in total. The van der Waals surface area contributed by atoms with Gasteiger partial charge in [-0.1, -0.05) is 20.8 Å². The molecule has 20 heavy (non-hydrogen) atoms. The first-order valence-corrected chi connectivity index (χ1v) is 9.93. The van der Waals surface area contributed by atoms with Crippen LogP contribution in [0.15, 0.2) is 0 Å². The molecule has 1 atom stereocenters. The summed E-state index contributed by atoms with van der Waals surface area (Å²) in [5, 5.41) is 3.31. The third-order valence-corrected chi connectivity index (χ3v) is 7.62. The fourth-order valence-corrected chi connectivity index (χ4v) is 5.57. The number of sulfone groups is 1. The van der Waals surface area contributed by atoms with Crippen LogP contribution in [-0.2, 0) is 9.84 Å². The summed E-state index contributed by atoms with van der Waals surface area (Å²) in [7, 11) is -2.78. The van der Waals surface area contributed by atoms with E-state index < -0.39 is 9.84 Å². The molecule has 2 fully saturated rings. The minimum atomic E-state index is -2.78. The van der Waals surface area contributed by atoms with Gasteiger partial charge in [-0.25, -0.2) is 8.42 Å². The molecule has 2 rings (SSSR count). The van der Waals surface area contributed by atoms with E-state index in [0.29, 0.717) is 17.7 Å². The molecule has 0 spiro atoms. The molecule has 1 aliphatic heterocycles. The minimum absolute atomic E-state index is 0.117. The zero-order chi connectivity index (χ0) is 14.8. The largest absolute Gasteiger partial charge is 0.315 e. The third-order valence-electron chi connectivity index (χ3n) is 5.34. The van der Waals surface area contributed by atoms with Crippen LogP contribution in [0.4, 0.5) is 0 Å². The Balaban J connectivity index is 1.67. The highest BCUT2D eigenvalue weighted by Crippen LogP contribution is 2.39. The molecule has 0 aromatic rings. The topological polar surface area (TPSA) is 46.2 Å². The van der Waals surface area contributed by atoms with Crippen molar-refractivity contribution in [2.24, 2.45) is 17.3 Å². The SMILES string of the molecule is CC(C)(C)C1CCC(CNCC2CCCS2(=O)=O)CC1. The third kappa shape index (κ3) is 4.20. The van der Waals surface area contributed by atoms with E-state index in [0.717, 1.165) is 31.2 Å². The van der Waals surface area contributed by atoms with E-state index in [2.05, 4.69) is 26.1 Å². The predicted octanol–water partition coefficient (Wildman–Crippen LogP) is 3.01. The monoisotopic (exact) mass is 301 g/mol. The summed E-state index contributed by atoms with van der Waals surface area (Å²) in [6.07, 6.45) is 6.96. The molecule has 0 radical (unpaired) electrons. The number of nitrogens with one attached hydrogen (secondary N) is 1. The standard InChI is InChI=1S/C16H31NO2S/c1-16(2,3)14-8-6-13(7-9-14)11-17-12-15-5-4-10-20(15,18)19/h13-15,17H,4-12H2,1-3H3. The molecule has 118 valence electrons. The van der Waals surface area contributed by atoms with Crippen molar-refractivity contribution in [1.82, 2.24) is 5.32 Å². The second-order valence-corrected chi connectivity index (χ2v) is 10.3. The second-order valence-electron chi connectivity index (χ2n) is 7.87. The summed E-state index contributed by atoms with van der Waals surface area (Å²) in [4.78, 5) is 0. The van der Waals surface area contributed by atoms with Gasteiger partial charge in [-0.05, 0) is 62.3 Å². The molecule has 0 aromatic carbocycles. The van der Waals surface area contributed by atoms with Crippen molar-refractivity contribution < 1.29 is 8.42 Å². The number of rotatable bonds is 4. The molecule has 1 N–H and O–H groups in total. The van der Waals surface area contributed by atoms with Gasteiger partial charge in [0, 0.05) is 6.54 Å². The van der Waals surface area contributed by atoms with Crippen LogP contribution in [-0.4, -0.2) is 32.5 Å². The van der Waals surface area contributed by atoms with E-state index in [1.807, 2.05) is 0 Å². The van der Waals surface area contributed by atoms with Crippen LogP contribution in [0.5, 0.6) is 0 Å². The van der Waals surface area contributed by atoms with E-state index in [4.69, 9.17) is 0 Å². The lowest BCUT2D eigenvalue weighted by atomic mass is 9.70. The maximum Gasteiger partial charge on any atom is 0.154 e. The predicted molar refractivity (Wildman–Crippen MR) is 84.6 cm³/mol. The first kappa shape index (κ1) is 16.3. The molecule has 0 aromatic heterocycles. The Morgan fingerprint density at radius 3 is 2.15 bits per heavy atom. The molecule has 0 bridgehead atoms. The van der Waals surface area contributed by atoms with Crippen molar-refractivity contribution in [3.63, 3.8) is 0 Å². The van der Waals surface area contributed by atoms with Gasteiger partial charge in [-0.3, -0.25) is 0 Å². The minimum Gasteiger partial charge on any atom is -0.315 e. The van der Waals surface area contributed by atoms with Gasteiger partial charge >= 0.3 is 0 Å². The normalized spacial score (nSPS) is 34.2. The van der Waals surface area contributed by atoms with Crippen molar-refractivity contribution in [2.75, 3.05) is 18.8 Å². The molecule has 4 heteroatoms. The Morgan fingerprint density at radius 2 is 1.65 bits per heavy atom. The summed E-state index contributed by atoms with van der Waals surface area (Å²) >= 11 is 0. The Bertz CT molecular complexity index is 403. The highest BCUT2D eigenvalue weighted by Gasteiger charge is 2.32. The number of hydrogen-bond acceptors (Lipinski definition) is 3. The lowest BCUT2D eigenvalue weighted by Gasteiger charge is -2.37. The Hall–Kier alpha value is -0.0900. The van der Waals surface area contributed by atoms with Gasteiger partial charge in [0.2, 0.25) is 0 Å². The Morgan fingerprint density at radius 1 is 1.00 bits per heavy atom. The first-order chi connectivity index (χ1) is 9.29. The Labute approximate surface area is 124 Å². The van der Waals surface area contributed by atoms with Crippen molar-refractivity contribution >= 4 is 9.84 Å². The summed E-state index contributed by atoms with van der Waals surface area (Å²) in [6, 6.07) is 0. The van der Waals surface area contributed by atoms with Crippen molar-refractivity contribution in [1.29, 1.82) is 0 Å². The van der Waals surface area contributed by atoms with Crippen LogP contribution >= 0.6 is 0 Å². The number of hydrogen-bond donors (Lipinski definition) is 1. The van der Waals surface area contributed by atoms with Crippen LogP contribution in [0.1, 0.15) is 59.3 Å². The lowest BCUT2D eigenvalue weighted by Crippen LogP contribution is -2.35. The molecule has 1 unspecified atom stereocenters. The van der Waals surface area contributed by atoms with Crippen LogP contribution < -0.4 is 5.32 Å². The van der Waals surface area contributed by atoms with Gasteiger partial charge in [-0.2, -0.15) is 0 Å². The maximum absolute atomic E-state index is 11.8. The van der Waals surface area contributed by atoms with Crippen molar-refractivity contribution in [3.05, 3.63) is 0 Å². The smallest absolute Gasteiger partial charge is 0.154 e. The fourth-order valence-electron chi connectivity index (χ4n) is 3.77. The van der Waals surface area contributed by atoms with Crippen LogP contribution in [0, 0.1) is 17.3 Å². The van der Waals surface area contributed by atoms with E-state index in [-0.39, 0.29) is 5.25 Å². The summed E-state index contributed by atoms with van der Waals surface area (Å²) in [6.45, 7) is 8.72. The first-order valence-electron chi connectivity index (χ1n) is 8.21. The molecule has 0 amide bonds. The molecule has 1 saturated heterocycles. The van der Waals surface area contributed by atoms with Crippen molar-refractivity contribution in [2.45, 2.75) is 64.5 Å². The average Bonchev–Trinajstić information content (AvgIpc) is 2.68. The van der Waals surface area contributed by atoms with Gasteiger partial charge in [0.05, 0.1) is 11.0 Å². The zero-order valence-corrected chi connectivity index (χ0v) is 14.1. The highest BCUT2D eigenvalue weighted by atomic mass is 32.2. The quantitative estimate of drug-likeness (QED) is 0.868. The van der Waals surface area contributed by atoms with Gasteiger partial charge in [0.1, 0.15) is 0 Å². The van der Waals surface area contributed by atoms with Crippen LogP contribution in [0.2, 0.25) is 0 Å². The van der Waals surface area contributed by atoms with E-state index >= 15 is 0 Å². The summed E-state index contributed by atoms with van der Waals surface area (Å²) in [5.41, 5.74) is 0.441. The average molecular weight is 301 g/mol. The van der Waals surface area contributed by atoms with Gasteiger partial charge < -0.3 is 5.32 Å². The lowest BCUT2D eigenvalue weighted by molar-refractivity contribution is 0.149. The molecule has 2 aliphatic rings. The fraction of sp³-hybridized carbons (Fsp3) is 1.00. The summed E-state index contributed by atoms with van der Waals surface area (Å²) < 4.78 is 23.5. The highest BCUT2D eigenvalue weighted by molar-refractivity contribution is 7.92. The molecule has 1 aliphatic carbocycles. The van der Waals surface area contributed by atoms with E-state index in [1.54, 1.807) is 0 Å². The maximum atomic E-state index is 11.8. The van der Waals surface area contributed by atoms with Gasteiger partial charge in [0.15, 0.2) is 9.84 Å². The zero-order valence-electron chi connectivity index (χ0n) is 13.3. The molecule has 1 heterocycles. The van der Waals surface area contributed by atoms with E-state index in [1.165, 1.54) is 25.7 Å². The Kier molecular flexibility index (Phi) is 5.17. The van der Waals surface area contributed by atoms with E-state index in [9.17, 15) is 8.42 Å². The van der Waals surface area contributed by atoms with Gasteiger partial charge in [-0.15, -0.1) is 0 Å². The summed E-state index contributed by atoms with van der Waals surface area (Å²) in [5.74, 6) is 2.00. The molecule has 1 saturated carbocycles. The van der Waals surface area contributed by atoms with Gasteiger partial charge in [0.25, 0.3) is 0 Å². The molecular formula is C16H31NO2S. The molecular weight excluding hydrogens is 270 g/mol. The van der Waals surface area contributed by atoms with Crippen molar-refractivity contribution in [3.8, 4) is 0 Å². The van der Waals surface area contributed by atoms with Crippen LogP contribution in [0.25, 0.3) is 0 Å². The second kappa shape index (κ2) is 6.35. The van der Waals surface area contributed by atoms with Crippen LogP contribution in [0.3, 0.4) is 0 Å².